The quantitative estimate of drug-likeness (QED) is 0.459. The van der Waals surface area contributed by atoms with Crippen LogP contribution in [0.25, 0.3) is 0 Å². The van der Waals surface area contributed by atoms with Gasteiger partial charge < -0.3 is 15.2 Å². The summed E-state index contributed by atoms with van der Waals surface area (Å²) in [5.41, 5.74) is 3.85. The zero-order valence-electron chi connectivity index (χ0n) is 15.9. The molecule has 0 aliphatic rings. The highest BCUT2D eigenvalue weighted by Crippen LogP contribution is 2.11. The average Bonchev–Trinajstić information content (AvgIpc) is 3.05. The first kappa shape index (κ1) is 19.0. The number of hydrogen-bond acceptors (Lipinski definition) is 4. The Morgan fingerprint density at radius 2 is 2.04 bits per heavy atom. The fourth-order valence-electron chi connectivity index (χ4n) is 2.49. The first-order valence-corrected chi connectivity index (χ1v) is 8.82. The Balaban J connectivity index is 1.72. The van der Waals surface area contributed by atoms with Gasteiger partial charge in [-0.15, -0.1) is 0 Å². The smallest absolute Gasteiger partial charge is 0.226 e. The molecule has 25 heavy (non-hydrogen) atoms. The second kappa shape index (κ2) is 9.20. The Labute approximate surface area is 150 Å². The van der Waals surface area contributed by atoms with Gasteiger partial charge in [-0.05, 0) is 31.4 Å². The Bertz CT molecular complexity index is 706. The van der Waals surface area contributed by atoms with Crippen LogP contribution in [0.2, 0.25) is 0 Å². The maximum Gasteiger partial charge on any atom is 0.226 e. The van der Waals surface area contributed by atoms with Crippen LogP contribution in [0, 0.1) is 13.8 Å². The normalized spacial score (nSPS) is 11.8. The Kier molecular flexibility index (Phi) is 6.98. The first-order valence-electron chi connectivity index (χ1n) is 8.82. The van der Waals surface area contributed by atoms with Gasteiger partial charge in [-0.1, -0.05) is 42.8 Å². The molecule has 0 aliphatic heterocycles. The van der Waals surface area contributed by atoms with Gasteiger partial charge in [0.05, 0.1) is 0 Å². The van der Waals surface area contributed by atoms with E-state index in [-0.39, 0.29) is 0 Å². The van der Waals surface area contributed by atoms with Crippen LogP contribution in [0.3, 0.4) is 0 Å². The molecule has 1 aromatic carbocycles. The van der Waals surface area contributed by atoms with E-state index in [1.54, 1.807) is 7.05 Å². The molecule has 0 atom stereocenters. The van der Waals surface area contributed by atoms with Crippen LogP contribution in [0.5, 0.6) is 0 Å². The summed E-state index contributed by atoms with van der Waals surface area (Å²) in [6, 6.07) is 6.49. The summed E-state index contributed by atoms with van der Waals surface area (Å²) in [6.45, 7) is 9.91. The SMILES string of the molecule is CN=C(NCCCc1nc(C(C)C)no1)NCc1ccc(C)cc1C. The molecule has 2 N–H and O–H groups in total. The number of aryl methyl sites for hydroxylation is 3. The van der Waals surface area contributed by atoms with Crippen molar-refractivity contribution < 1.29 is 4.52 Å². The van der Waals surface area contributed by atoms with Gasteiger partial charge in [0.2, 0.25) is 5.89 Å². The van der Waals surface area contributed by atoms with Crippen molar-refractivity contribution in [2.24, 2.45) is 4.99 Å². The third kappa shape index (κ3) is 5.89. The summed E-state index contributed by atoms with van der Waals surface area (Å²) in [7, 11) is 1.78. The van der Waals surface area contributed by atoms with Crippen LogP contribution in [0.15, 0.2) is 27.7 Å². The third-order valence-electron chi connectivity index (χ3n) is 4.03. The van der Waals surface area contributed by atoms with Gasteiger partial charge in [-0.2, -0.15) is 4.98 Å². The topological polar surface area (TPSA) is 75.3 Å². The number of hydrogen-bond donors (Lipinski definition) is 2. The third-order valence-corrected chi connectivity index (χ3v) is 4.03. The second-order valence-corrected chi connectivity index (χ2v) is 6.59. The summed E-state index contributed by atoms with van der Waals surface area (Å²) >= 11 is 0. The zero-order chi connectivity index (χ0) is 18.2. The molecule has 0 spiro atoms. The maximum atomic E-state index is 5.25. The van der Waals surface area contributed by atoms with Crippen molar-refractivity contribution in [2.45, 2.75) is 53.0 Å². The summed E-state index contributed by atoms with van der Waals surface area (Å²) in [5.74, 6) is 2.56. The number of nitrogens with zero attached hydrogens (tertiary/aromatic N) is 3. The molecule has 0 saturated heterocycles. The predicted molar refractivity (Wildman–Crippen MR) is 101 cm³/mol. The summed E-state index contributed by atoms with van der Waals surface area (Å²) in [5, 5.41) is 10.7. The Hall–Kier alpha value is -2.37. The zero-order valence-corrected chi connectivity index (χ0v) is 15.9. The molecule has 6 nitrogen and oxygen atoms in total. The van der Waals surface area contributed by atoms with E-state index in [1.807, 2.05) is 0 Å². The Morgan fingerprint density at radius 1 is 1.24 bits per heavy atom. The van der Waals surface area contributed by atoms with Crippen LogP contribution < -0.4 is 10.6 Å². The van der Waals surface area contributed by atoms with Crippen LogP contribution >= 0.6 is 0 Å². The second-order valence-electron chi connectivity index (χ2n) is 6.59. The lowest BCUT2D eigenvalue weighted by Gasteiger charge is -2.13. The van der Waals surface area contributed by atoms with E-state index in [2.05, 4.69) is 71.7 Å². The van der Waals surface area contributed by atoms with Gasteiger partial charge in [-0.3, -0.25) is 4.99 Å². The molecule has 0 fully saturated rings. The van der Waals surface area contributed by atoms with Crippen LogP contribution in [0.4, 0.5) is 0 Å². The number of rotatable bonds is 7. The molecular weight excluding hydrogens is 314 g/mol. The summed E-state index contributed by atoms with van der Waals surface area (Å²) < 4.78 is 5.25. The fraction of sp³-hybridized carbons (Fsp3) is 0.526. The van der Waals surface area contributed by atoms with Crippen molar-refractivity contribution in [2.75, 3.05) is 13.6 Å². The van der Waals surface area contributed by atoms with E-state index >= 15 is 0 Å². The van der Waals surface area contributed by atoms with Crippen molar-refractivity contribution in [3.8, 4) is 0 Å². The highest BCUT2D eigenvalue weighted by molar-refractivity contribution is 5.79. The molecule has 0 aliphatic carbocycles. The van der Waals surface area contributed by atoms with Crippen LogP contribution in [0.1, 0.15) is 54.6 Å². The van der Waals surface area contributed by atoms with Gasteiger partial charge in [0.1, 0.15) is 0 Å². The maximum absolute atomic E-state index is 5.25. The predicted octanol–water partition coefficient (Wildman–Crippen LogP) is 3.11. The van der Waals surface area contributed by atoms with E-state index in [4.69, 9.17) is 4.52 Å². The van der Waals surface area contributed by atoms with E-state index < -0.39 is 0 Å². The number of aromatic nitrogens is 2. The standard InChI is InChI=1S/C19H29N5O/c1-13(2)18-23-17(25-24-18)7-6-10-21-19(20-5)22-12-16-9-8-14(3)11-15(16)4/h8-9,11,13H,6-7,10,12H2,1-5H3,(H2,20,21,22). The molecule has 0 bridgehead atoms. The van der Waals surface area contributed by atoms with Gasteiger partial charge in [0, 0.05) is 32.5 Å². The van der Waals surface area contributed by atoms with E-state index in [9.17, 15) is 0 Å². The lowest BCUT2D eigenvalue weighted by atomic mass is 10.1. The van der Waals surface area contributed by atoms with Gasteiger partial charge >= 0.3 is 0 Å². The van der Waals surface area contributed by atoms with Crippen molar-refractivity contribution in [3.05, 3.63) is 46.6 Å². The van der Waals surface area contributed by atoms with Gasteiger partial charge in [0.15, 0.2) is 11.8 Å². The van der Waals surface area contributed by atoms with Gasteiger partial charge in [-0.25, -0.2) is 0 Å². The molecular formula is C19H29N5O. The molecule has 1 aromatic heterocycles. The fourth-order valence-corrected chi connectivity index (χ4v) is 2.49. The Morgan fingerprint density at radius 3 is 2.68 bits per heavy atom. The van der Waals surface area contributed by atoms with Gasteiger partial charge in [0.25, 0.3) is 0 Å². The molecule has 136 valence electrons. The summed E-state index contributed by atoms with van der Waals surface area (Å²) in [4.78, 5) is 8.65. The molecule has 2 rings (SSSR count). The average molecular weight is 343 g/mol. The molecule has 0 radical (unpaired) electrons. The minimum Gasteiger partial charge on any atom is -0.356 e. The lowest BCUT2D eigenvalue weighted by molar-refractivity contribution is 0.368. The van der Waals surface area contributed by atoms with Crippen molar-refractivity contribution in [3.63, 3.8) is 0 Å². The molecule has 2 aromatic rings. The highest BCUT2D eigenvalue weighted by Gasteiger charge is 2.09. The largest absolute Gasteiger partial charge is 0.356 e. The molecule has 0 unspecified atom stereocenters. The number of benzene rings is 1. The van der Waals surface area contributed by atoms with Crippen molar-refractivity contribution in [1.29, 1.82) is 0 Å². The molecule has 1 heterocycles. The molecule has 0 amide bonds. The molecule has 6 heteroatoms. The van der Waals surface area contributed by atoms with Crippen molar-refractivity contribution in [1.82, 2.24) is 20.8 Å². The minimum atomic E-state index is 0.295. The lowest BCUT2D eigenvalue weighted by Crippen LogP contribution is -2.37. The molecule has 0 saturated carbocycles. The monoisotopic (exact) mass is 343 g/mol. The van der Waals surface area contributed by atoms with E-state index in [0.717, 1.165) is 37.7 Å². The number of guanidine groups is 1. The summed E-state index contributed by atoms with van der Waals surface area (Å²) in [6.07, 6.45) is 1.67. The van der Waals surface area contributed by atoms with Crippen molar-refractivity contribution >= 4 is 5.96 Å². The number of aliphatic imine (C=N–C) groups is 1. The highest BCUT2D eigenvalue weighted by atomic mass is 16.5. The number of nitrogens with one attached hydrogen (secondary N) is 2. The van der Waals surface area contributed by atoms with E-state index in [0.29, 0.717) is 11.8 Å². The van der Waals surface area contributed by atoms with Crippen LogP contribution in [-0.4, -0.2) is 29.7 Å². The van der Waals surface area contributed by atoms with Crippen LogP contribution in [-0.2, 0) is 13.0 Å². The minimum absolute atomic E-state index is 0.295. The first-order chi connectivity index (χ1) is 12.0. The van der Waals surface area contributed by atoms with E-state index in [1.165, 1.54) is 16.7 Å².